The van der Waals surface area contributed by atoms with Crippen molar-refractivity contribution < 1.29 is 14.3 Å². The number of carbonyl (C=O) groups is 2. The number of fused-ring (bicyclic) bond motifs is 1. The fourth-order valence-electron chi connectivity index (χ4n) is 4.35. The molecule has 0 saturated carbocycles. The Morgan fingerprint density at radius 2 is 1.79 bits per heavy atom. The van der Waals surface area contributed by atoms with Gasteiger partial charge in [-0.1, -0.05) is 35.9 Å². The van der Waals surface area contributed by atoms with Crippen LogP contribution in [-0.4, -0.2) is 28.6 Å². The van der Waals surface area contributed by atoms with Crippen molar-refractivity contribution in [3.8, 4) is 11.3 Å². The zero-order chi connectivity index (χ0) is 23.9. The number of carbonyl (C=O) groups excluding carboxylic acids is 2. The number of benzene rings is 2. The van der Waals surface area contributed by atoms with Crippen molar-refractivity contribution in [2.45, 2.75) is 59.6 Å². The van der Waals surface area contributed by atoms with E-state index in [0.717, 1.165) is 27.9 Å². The smallest absolute Gasteiger partial charge is 0.415 e. The van der Waals surface area contributed by atoms with Crippen molar-refractivity contribution >= 4 is 34.2 Å². The van der Waals surface area contributed by atoms with Gasteiger partial charge in [-0.3, -0.25) is 9.69 Å². The number of ether oxygens (including phenoxy) is 1. The van der Waals surface area contributed by atoms with Gasteiger partial charge in [0.15, 0.2) is 5.13 Å². The molecule has 33 heavy (non-hydrogen) atoms. The third-order valence-corrected chi connectivity index (χ3v) is 6.29. The first-order valence-corrected chi connectivity index (χ1v) is 11.9. The molecule has 6 nitrogen and oxygen atoms in total. The lowest BCUT2D eigenvalue weighted by atomic mass is 9.98. The molecule has 2 aromatic carbocycles. The summed E-state index contributed by atoms with van der Waals surface area (Å²) in [5, 5.41) is 5.39. The number of nitrogens with one attached hydrogen (secondary N) is 1. The molecule has 2 heterocycles. The van der Waals surface area contributed by atoms with E-state index in [-0.39, 0.29) is 5.91 Å². The summed E-state index contributed by atoms with van der Waals surface area (Å²) in [4.78, 5) is 32.4. The fourth-order valence-corrected chi connectivity index (χ4v) is 5.06. The van der Waals surface area contributed by atoms with Crippen molar-refractivity contribution in [2.75, 3.05) is 10.2 Å². The van der Waals surface area contributed by atoms with Gasteiger partial charge in [0.05, 0.1) is 11.4 Å². The van der Waals surface area contributed by atoms with Crippen LogP contribution in [0.2, 0.25) is 0 Å². The predicted molar refractivity (Wildman–Crippen MR) is 133 cm³/mol. The van der Waals surface area contributed by atoms with Gasteiger partial charge in [0, 0.05) is 17.4 Å². The van der Waals surface area contributed by atoms with E-state index in [1.807, 2.05) is 50.4 Å². The summed E-state index contributed by atoms with van der Waals surface area (Å²) in [6, 6.07) is 11.1. The summed E-state index contributed by atoms with van der Waals surface area (Å²) >= 11 is 1.38. The van der Waals surface area contributed by atoms with Crippen molar-refractivity contribution in [1.29, 1.82) is 0 Å². The predicted octanol–water partition coefficient (Wildman–Crippen LogP) is 6.04. The average molecular weight is 464 g/mol. The molecule has 2 amide bonds. The molecule has 7 heteroatoms. The van der Waals surface area contributed by atoms with Crippen LogP contribution in [0.5, 0.6) is 0 Å². The maximum absolute atomic E-state index is 13.3. The van der Waals surface area contributed by atoms with Crippen LogP contribution in [0.25, 0.3) is 11.3 Å². The van der Waals surface area contributed by atoms with E-state index >= 15 is 0 Å². The third kappa shape index (κ3) is 4.78. The van der Waals surface area contributed by atoms with E-state index in [4.69, 9.17) is 4.74 Å². The molecule has 4 rings (SSSR count). The van der Waals surface area contributed by atoms with Crippen molar-refractivity contribution in [2.24, 2.45) is 0 Å². The van der Waals surface area contributed by atoms with Crippen LogP contribution in [0.1, 0.15) is 43.0 Å². The van der Waals surface area contributed by atoms with Gasteiger partial charge in [-0.25, -0.2) is 9.78 Å². The molecular formula is C26H29N3O3S. The third-order valence-electron chi connectivity index (χ3n) is 5.54. The van der Waals surface area contributed by atoms with Crippen LogP contribution in [0, 0.1) is 20.8 Å². The fraction of sp³-hybridized carbons (Fsp3) is 0.346. The summed E-state index contributed by atoms with van der Waals surface area (Å²) in [7, 11) is 0. The van der Waals surface area contributed by atoms with Crippen molar-refractivity contribution in [1.82, 2.24) is 4.98 Å². The van der Waals surface area contributed by atoms with E-state index in [0.29, 0.717) is 17.2 Å². The summed E-state index contributed by atoms with van der Waals surface area (Å²) < 4.78 is 5.60. The number of anilines is 2. The average Bonchev–Trinajstić information content (AvgIpc) is 3.30. The number of hydrogen-bond donors (Lipinski definition) is 1. The molecule has 1 atom stereocenters. The minimum atomic E-state index is -0.701. The lowest BCUT2D eigenvalue weighted by Crippen LogP contribution is -2.47. The Morgan fingerprint density at radius 1 is 1.12 bits per heavy atom. The van der Waals surface area contributed by atoms with Crippen LogP contribution < -0.4 is 10.2 Å². The summed E-state index contributed by atoms with van der Waals surface area (Å²) in [6.45, 7) is 11.7. The first-order valence-electron chi connectivity index (χ1n) is 11.0. The maximum atomic E-state index is 13.3. The Bertz CT molecular complexity index is 1200. The van der Waals surface area contributed by atoms with Crippen LogP contribution >= 0.6 is 11.3 Å². The topological polar surface area (TPSA) is 71.5 Å². The first kappa shape index (κ1) is 23.0. The van der Waals surface area contributed by atoms with Gasteiger partial charge in [0.25, 0.3) is 0 Å². The number of nitrogens with zero attached hydrogens (tertiary/aromatic N) is 2. The molecule has 1 aliphatic heterocycles. The van der Waals surface area contributed by atoms with Gasteiger partial charge >= 0.3 is 6.09 Å². The lowest BCUT2D eigenvalue weighted by Gasteiger charge is -2.28. The van der Waals surface area contributed by atoms with Crippen LogP contribution in [0.4, 0.5) is 15.6 Å². The highest BCUT2D eigenvalue weighted by Gasteiger charge is 2.40. The van der Waals surface area contributed by atoms with Gasteiger partial charge in [0.1, 0.15) is 11.6 Å². The molecule has 1 unspecified atom stereocenters. The molecule has 172 valence electrons. The second-order valence-corrected chi connectivity index (χ2v) is 10.4. The largest absolute Gasteiger partial charge is 0.443 e. The minimum absolute atomic E-state index is 0.282. The molecule has 0 fully saturated rings. The molecule has 0 aliphatic carbocycles. The van der Waals surface area contributed by atoms with Crippen LogP contribution in [0.3, 0.4) is 0 Å². The normalized spacial score (nSPS) is 15.3. The standard InChI is InChI=1S/C26H29N3O3S/c1-15-11-16(2)22(17(3)12-15)19-14-33-24(27-19)28-23(30)21-13-18-9-7-8-10-20(18)29(21)25(31)32-26(4,5)6/h7-12,14,21H,13H2,1-6H3,(H,27,28,30). The first-order chi connectivity index (χ1) is 15.5. The number of hydrogen-bond acceptors (Lipinski definition) is 5. The zero-order valence-electron chi connectivity index (χ0n) is 19.9. The molecule has 0 spiro atoms. The highest BCUT2D eigenvalue weighted by molar-refractivity contribution is 7.14. The van der Waals surface area contributed by atoms with Gasteiger partial charge in [-0.15, -0.1) is 11.3 Å². The van der Waals surface area contributed by atoms with E-state index in [1.54, 1.807) is 0 Å². The Morgan fingerprint density at radius 3 is 2.45 bits per heavy atom. The molecule has 0 radical (unpaired) electrons. The van der Waals surface area contributed by atoms with Gasteiger partial charge in [-0.05, 0) is 64.3 Å². The quantitative estimate of drug-likeness (QED) is 0.514. The monoisotopic (exact) mass is 463 g/mol. The highest BCUT2D eigenvalue weighted by Crippen LogP contribution is 2.35. The molecule has 0 saturated heterocycles. The Balaban J connectivity index is 1.58. The van der Waals surface area contributed by atoms with Crippen molar-refractivity contribution in [3.63, 3.8) is 0 Å². The number of amides is 2. The zero-order valence-corrected chi connectivity index (χ0v) is 20.7. The SMILES string of the molecule is Cc1cc(C)c(-c2csc(NC(=O)C3Cc4ccccc4N3C(=O)OC(C)(C)C)n2)c(C)c1. The van der Waals surface area contributed by atoms with E-state index in [9.17, 15) is 9.59 Å². The molecule has 0 bridgehead atoms. The highest BCUT2D eigenvalue weighted by atomic mass is 32.1. The second-order valence-electron chi connectivity index (χ2n) is 9.50. The van der Waals surface area contributed by atoms with E-state index in [2.05, 4.69) is 43.2 Å². The Kier molecular flexibility index (Phi) is 6.01. The van der Waals surface area contributed by atoms with Gasteiger partial charge < -0.3 is 10.1 Å². The molecular weight excluding hydrogens is 434 g/mol. The van der Waals surface area contributed by atoms with E-state index < -0.39 is 17.7 Å². The van der Waals surface area contributed by atoms with Crippen LogP contribution in [-0.2, 0) is 16.0 Å². The Hall–Kier alpha value is -3.19. The minimum Gasteiger partial charge on any atom is -0.443 e. The lowest BCUT2D eigenvalue weighted by molar-refractivity contribution is -0.117. The second kappa shape index (κ2) is 8.63. The van der Waals surface area contributed by atoms with Gasteiger partial charge in [-0.2, -0.15) is 0 Å². The number of para-hydroxylation sites is 1. The molecule has 3 aromatic rings. The number of rotatable bonds is 3. The summed E-state index contributed by atoms with van der Waals surface area (Å²) in [5.74, 6) is -0.282. The number of aryl methyl sites for hydroxylation is 3. The summed E-state index contributed by atoms with van der Waals surface area (Å²) in [6.07, 6.45) is -0.103. The van der Waals surface area contributed by atoms with E-state index in [1.165, 1.54) is 21.8 Å². The molecule has 1 N–H and O–H groups in total. The molecule has 1 aliphatic rings. The molecule has 1 aromatic heterocycles. The van der Waals surface area contributed by atoms with Crippen molar-refractivity contribution in [3.05, 3.63) is 64.0 Å². The number of aromatic nitrogens is 1. The van der Waals surface area contributed by atoms with Crippen LogP contribution in [0.15, 0.2) is 41.8 Å². The number of thiazole rings is 1. The van der Waals surface area contributed by atoms with Gasteiger partial charge in [0.2, 0.25) is 5.91 Å². The Labute approximate surface area is 198 Å². The maximum Gasteiger partial charge on any atom is 0.415 e. The summed E-state index contributed by atoms with van der Waals surface area (Å²) in [5.41, 5.74) is 6.41.